The lowest BCUT2D eigenvalue weighted by atomic mass is 10.2. The number of pyridine rings is 1. The molecule has 0 aliphatic rings. The van der Waals surface area contributed by atoms with Crippen LogP contribution in [0.3, 0.4) is 0 Å². The number of para-hydroxylation sites is 1. The van der Waals surface area contributed by atoms with Gasteiger partial charge in [0.05, 0.1) is 0 Å². The Bertz CT molecular complexity index is 535. The molecule has 0 saturated carbocycles. The standard InChI is InChI=1S/C16H22N2O2/c1-3-18(4-2)11-14(19)12-20-15-9-5-7-13-8-6-10-17-16(13)15/h5-10,14,19H,3-4,11-12H2,1-2H3. The fourth-order valence-corrected chi connectivity index (χ4v) is 2.21. The molecule has 0 aliphatic carbocycles. The van der Waals surface area contributed by atoms with Crippen LogP contribution in [-0.4, -0.2) is 47.3 Å². The number of benzene rings is 1. The van der Waals surface area contributed by atoms with Gasteiger partial charge in [0.2, 0.25) is 0 Å². The lowest BCUT2D eigenvalue weighted by Crippen LogP contribution is -2.35. The second kappa shape index (κ2) is 7.22. The molecule has 1 N–H and O–H groups in total. The Morgan fingerprint density at radius 1 is 1.20 bits per heavy atom. The first-order valence-corrected chi connectivity index (χ1v) is 7.11. The number of aliphatic hydroxyl groups excluding tert-OH is 1. The van der Waals surface area contributed by atoms with E-state index in [9.17, 15) is 5.11 Å². The largest absolute Gasteiger partial charge is 0.489 e. The van der Waals surface area contributed by atoms with E-state index >= 15 is 0 Å². The Hall–Kier alpha value is -1.65. The van der Waals surface area contributed by atoms with Gasteiger partial charge < -0.3 is 14.7 Å². The van der Waals surface area contributed by atoms with Crippen molar-refractivity contribution in [2.75, 3.05) is 26.2 Å². The number of rotatable bonds is 7. The molecule has 1 aromatic carbocycles. The van der Waals surface area contributed by atoms with E-state index in [0.717, 1.165) is 29.7 Å². The van der Waals surface area contributed by atoms with Crippen LogP contribution in [0.2, 0.25) is 0 Å². The molecular weight excluding hydrogens is 252 g/mol. The maximum absolute atomic E-state index is 10.0. The summed E-state index contributed by atoms with van der Waals surface area (Å²) in [6.07, 6.45) is 1.26. The predicted molar refractivity (Wildman–Crippen MR) is 81.0 cm³/mol. The minimum Gasteiger partial charge on any atom is -0.489 e. The zero-order valence-electron chi connectivity index (χ0n) is 12.1. The van der Waals surface area contributed by atoms with Crippen molar-refractivity contribution >= 4 is 10.9 Å². The molecule has 20 heavy (non-hydrogen) atoms. The van der Waals surface area contributed by atoms with Gasteiger partial charge in [0.1, 0.15) is 24.0 Å². The highest BCUT2D eigenvalue weighted by molar-refractivity contribution is 5.84. The molecule has 0 aliphatic heterocycles. The van der Waals surface area contributed by atoms with E-state index in [1.165, 1.54) is 0 Å². The van der Waals surface area contributed by atoms with Crippen LogP contribution in [0.4, 0.5) is 0 Å². The molecule has 2 rings (SSSR count). The molecule has 1 unspecified atom stereocenters. The van der Waals surface area contributed by atoms with Crippen LogP contribution in [0, 0.1) is 0 Å². The molecule has 0 saturated heterocycles. The Morgan fingerprint density at radius 3 is 2.70 bits per heavy atom. The van der Waals surface area contributed by atoms with Gasteiger partial charge in [-0.25, -0.2) is 0 Å². The van der Waals surface area contributed by atoms with Crippen LogP contribution < -0.4 is 4.74 Å². The average Bonchev–Trinajstić information content (AvgIpc) is 2.50. The average molecular weight is 274 g/mol. The summed E-state index contributed by atoms with van der Waals surface area (Å²) in [5, 5.41) is 11.1. The van der Waals surface area contributed by atoms with Crippen molar-refractivity contribution in [1.82, 2.24) is 9.88 Å². The second-order valence-corrected chi connectivity index (χ2v) is 4.78. The molecule has 1 heterocycles. The molecular formula is C16H22N2O2. The molecule has 108 valence electrons. The summed E-state index contributed by atoms with van der Waals surface area (Å²) >= 11 is 0. The molecule has 0 bridgehead atoms. The van der Waals surface area contributed by atoms with Gasteiger partial charge in [-0.05, 0) is 25.2 Å². The number of aliphatic hydroxyl groups is 1. The fourth-order valence-electron chi connectivity index (χ4n) is 2.21. The van der Waals surface area contributed by atoms with Gasteiger partial charge in [-0.15, -0.1) is 0 Å². The molecule has 1 aromatic heterocycles. The van der Waals surface area contributed by atoms with Gasteiger partial charge in [0.15, 0.2) is 0 Å². The van der Waals surface area contributed by atoms with Crippen molar-refractivity contribution in [1.29, 1.82) is 0 Å². The van der Waals surface area contributed by atoms with E-state index in [2.05, 4.69) is 23.7 Å². The normalized spacial score (nSPS) is 12.8. The molecule has 4 nitrogen and oxygen atoms in total. The Balaban J connectivity index is 1.99. The first-order valence-electron chi connectivity index (χ1n) is 7.11. The maximum Gasteiger partial charge on any atom is 0.145 e. The van der Waals surface area contributed by atoms with E-state index in [1.54, 1.807) is 6.20 Å². The number of fused-ring (bicyclic) bond motifs is 1. The SMILES string of the molecule is CCN(CC)CC(O)COc1cccc2cccnc12. The minimum absolute atomic E-state index is 0.284. The third kappa shape index (κ3) is 3.68. The Kier molecular flexibility index (Phi) is 5.32. The van der Waals surface area contributed by atoms with E-state index in [-0.39, 0.29) is 6.61 Å². The number of likely N-dealkylation sites (N-methyl/N-ethyl adjacent to an activating group) is 1. The van der Waals surface area contributed by atoms with Crippen LogP contribution in [0.15, 0.2) is 36.5 Å². The Labute approximate surface area is 120 Å². The lowest BCUT2D eigenvalue weighted by Gasteiger charge is -2.22. The first kappa shape index (κ1) is 14.8. The van der Waals surface area contributed by atoms with E-state index in [4.69, 9.17) is 4.74 Å². The molecule has 2 aromatic rings. The number of aromatic nitrogens is 1. The van der Waals surface area contributed by atoms with E-state index < -0.39 is 6.10 Å². The second-order valence-electron chi connectivity index (χ2n) is 4.78. The predicted octanol–water partition coefficient (Wildman–Crippen LogP) is 2.32. The highest BCUT2D eigenvalue weighted by Gasteiger charge is 2.11. The molecule has 0 amide bonds. The number of hydrogen-bond donors (Lipinski definition) is 1. The summed E-state index contributed by atoms with van der Waals surface area (Å²) in [6.45, 7) is 6.96. The smallest absolute Gasteiger partial charge is 0.145 e. The van der Waals surface area contributed by atoms with Gasteiger partial charge in [-0.3, -0.25) is 4.98 Å². The quantitative estimate of drug-likeness (QED) is 0.841. The summed E-state index contributed by atoms with van der Waals surface area (Å²) in [5.41, 5.74) is 0.838. The van der Waals surface area contributed by atoms with Gasteiger partial charge in [0.25, 0.3) is 0 Å². The van der Waals surface area contributed by atoms with Crippen LogP contribution in [0.1, 0.15) is 13.8 Å². The van der Waals surface area contributed by atoms with Gasteiger partial charge in [0, 0.05) is 18.1 Å². The molecule has 4 heteroatoms. The molecule has 1 atom stereocenters. The summed E-state index contributed by atoms with van der Waals surface area (Å²) in [4.78, 5) is 6.51. The topological polar surface area (TPSA) is 45.6 Å². The summed E-state index contributed by atoms with van der Waals surface area (Å²) in [5.74, 6) is 0.724. The highest BCUT2D eigenvalue weighted by atomic mass is 16.5. The van der Waals surface area contributed by atoms with Crippen molar-refractivity contribution in [3.8, 4) is 5.75 Å². The Morgan fingerprint density at radius 2 is 1.95 bits per heavy atom. The van der Waals surface area contributed by atoms with E-state index in [1.807, 2.05) is 30.3 Å². The van der Waals surface area contributed by atoms with Crippen LogP contribution >= 0.6 is 0 Å². The maximum atomic E-state index is 10.0. The summed E-state index contributed by atoms with van der Waals surface area (Å²) in [7, 11) is 0. The number of nitrogens with zero attached hydrogens (tertiary/aromatic N) is 2. The molecule has 0 fully saturated rings. The van der Waals surface area contributed by atoms with E-state index in [0.29, 0.717) is 6.54 Å². The van der Waals surface area contributed by atoms with Crippen LogP contribution in [0.5, 0.6) is 5.75 Å². The number of ether oxygens (including phenoxy) is 1. The zero-order chi connectivity index (χ0) is 14.4. The van der Waals surface area contributed by atoms with Crippen LogP contribution in [-0.2, 0) is 0 Å². The third-order valence-electron chi connectivity index (χ3n) is 3.39. The fraction of sp³-hybridized carbons (Fsp3) is 0.438. The van der Waals surface area contributed by atoms with Gasteiger partial charge in [-0.2, -0.15) is 0 Å². The van der Waals surface area contributed by atoms with Crippen molar-refractivity contribution in [2.45, 2.75) is 20.0 Å². The number of hydrogen-bond acceptors (Lipinski definition) is 4. The zero-order valence-corrected chi connectivity index (χ0v) is 12.1. The first-order chi connectivity index (χ1) is 9.74. The lowest BCUT2D eigenvalue weighted by molar-refractivity contribution is 0.0721. The van der Waals surface area contributed by atoms with Crippen LogP contribution in [0.25, 0.3) is 10.9 Å². The monoisotopic (exact) mass is 274 g/mol. The van der Waals surface area contributed by atoms with Gasteiger partial charge >= 0.3 is 0 Å². The third-order valence-corrected chi connectivity index (χ3v) is 3.39. The van der Waals surface area contributed by atoms with Gasteiger partial charge in [-0.1, -0.05) is 32.0 Å². The highest BCUT2D eigenvalue weighted by Crippen LogP contribution is 2.22. The summed E-state index contributed by atoms with van der Waals surface area (Å²) in [6, 6.07) is 9.74. The minimum atomic E-state index is -0.492. The van der Waals surface area contributed by atoms with Crippen molar-refractivity contribution in [2.24, 2.45) is 0 Å². The van der Waals surface area contributed by atoms with Crippen molar-refractivity contribution < 1.29 is 9.84 Å². The van der Waals surface area contributed by atoms with Crippen molar-refractivity contribution in [3.05, 3.63) is 36.5 Å². The summed E-state index contributed by atoms with van der Waals surface area (Å²) < 4.78 is 5.73. The molecule has 0 radical (unpaired) electrons. The molecule has 0 spiro atoms. The van der Waals surface area contributed by atoms with Crippen molar-refractivity contribution in [3.63, 3.8) is 0 Å².